The maximum atomic E-state index is 10.2. The molecule has 0 aliphatic heterocycles. The molecule has 0 radical (unpaired) electrons. The lowest BCUT2D eigenvalue weighted by Gasteiger charge is -2.57. The first kappa shape index (κ1) is 22.1. The lowest BCUT2D eigenvalue weighted by molar-refractivity contribution is -0.0723. The van der Waals surface area contributed by atoms with E-state index in [1.54, 1.807) is 5.57 Å². The van der Waals surface area contributed by atoms with Crippen LogP contribution in [0.4, 0.5) is 0 Å². The van der Waals surface area contributed by atoms with E-state index in [9.17, 15) is 5.11 Å². The summed E-state index contributed by atoms with van der Waals surface area (Å²) in [6.07, 6.45) is 12.7. The lowest BCUT2D eigenvalue weighted by atomic mass is 9.49. The Bertz CT molecular complexity index is 648. The molecule has 0 bridgehead atoms. The maximum Gasteiger partial charge on any atom is 0.192 e. The van der Waals surface area contributed by atoms with Gasteiger partial charge in [0, 0.05) is 0 Å². The molecule has 4 aliphatic carbocycles. The minimum Gasteiger partial charge on any atom is -0.413 e. The number of fused-ring (bicyclic) bond motifs is 5. The predicted octanol–water partition coefficient (Wildman–Crippen LogP) is 6.95. The molecule has 4 rings (SSSR count). The third-order valence-corrected chi connectivity index (χ3v) is 14.8. The Kier molecular flexibility index (Phi) is 5.70. The first-order valence-corrected chi connectivity index (χ1v) is 15.4. The van der Waals surface area contributed by atoms with Gasteiger partial charge in [-0.15, -0.1) is 0 Å². The van der Waals surface area contributed by atoms with E-state index in [4.69, 9.17) is 4.43 Å². The van der Waals surface area contributed by atoms with Crippen molar-refractivity contribution in [3.8, 4) is 0 Å². The van der Waals surface area contributed by atoms with E-state index < -0.39 is 8.32 Å². The number of hydrogen-bond acceptors (Lipinski definition) is 2. The van der Waals surface area contributed by atoms with Gasteiger partial charge in [0.1, 0.15) is 0 Å². The number of aliphatic hydroxyl groups excluding tert-OH is 1. The van der Waals surface area contributed by atoms with Crippen LogP contribution < -0.4 is 0 Å². The summed E-state index contributed by atoms with van der Waals surface area (Å²) in [7, 11) is -1.73. The summed E-state index contributed by atoms with van der Waals surface area (Å²) in [5.74, 6) is 4.15. The Morgan fingerprint density at radius 1 is 1.14 bits per heavy atom. The van der Waals surface area contributed by atoms with Crippen LogP contribution in [0.25, 0.3) is 0 Å². The van der Waals surface area contributed by atoms with Gasteiger partial charge in [0.25, 0.3) is 0 Å². The van der Waals surface area contributed by atoms with Crippen molar-refractivity contribution in [1.29, 1.82) is 0 Å². The molecule has 29 heavy (non-hydrogen) atoms. The highest BCUT2D eigenvalue weighted by molar-refractivity contribution is 6.74. The van der Waals surface area contributed by atoms with E-state index in [0.29, 0.717) is 11.5 Å². The van der Waals surface area contributed by atoms with Crippen molar-refractivity contribution in [2.75, 3.05) is 0 Å². The second kappa shape index (κ2) is 7.48. The number of allylic oxidation sites excluding steroid dienone is 1. The van der Waals surface area contributed by atoms with Crippen LogP contribution in [-0.2, 0) is 4.43 Å². The molecule has 0 unspecified atom stereocenters. The molecular formula is C26H46O2Si. The maximum absolute atomic E-state index is 10.2. The summed E-state index contributed by atoms with van der Waals surface area (Å²) in [5, 5.41) is 10.5. The minimum atomic E-state index is -1.73. The van der Waals surface area contributed by atoms with E-state index in [0.717, 1.165) is 36.0 Å². The van der Waals surface area contributed by atoms with Crippen LogP contribution in [0.3, 0.4) is 0 Å². The zero-order valence-corrected chi connectivity index (χ0v) is 21.1. The Morgan fingerprint density at radius 2 is 1.86 bits per heavy atom. The fourth-order valence-corrected chi connectivity index (χ4v) is 9.06. The highest BCUT2D eigenvalue weighted by Gasteiger charge is 2.59. The third-order valence-electron chi connectivity index (χ3n) is 10.3. The van der Waals surface area contributed by atoms with Gasteiger partial charge in [-0.05, 0) is 98.1 Å². The average molecular weight is 419 g/mol. The predicted molar refractivity (Wildman–Crippen MR) is 124 cm³/mol. The van der Waals surface area contributed by atoms with Crippen LogP contribution in [0.2, 0.25) is 18.1 Å². The van der Waals surface area contributed by atoms with Gasteiger partial charge in [0.15, 0.2) is 8.32 Å². The quantitative estimate of drug-likeness (QED) is 0.397. The fraction of sp³-hybridized carbons (Fsp3) is 0.923. The molecule has 3 saturated carbocycles. The summed E-state index contributed by atoms with van der Waals surface area (Å²) in [4.78, 5) is 0. The lowest BCUT2D eigenvalue weighted by Crippen LogP contribution is -2.53. The van der Waals surface area contributed by atoms with Crippen LogP contribution in [0.5, 0.6) is 0 Å². The molecule has 0 aromatic rings. The Hall–Kier alpha value is -0.123. The second-order valence-electron chi connectivity index (χ2n) is 12.7. The third kappa shape index (κ3) is 3.61. The molecule has 0 aromatic heterocycles. The number of rotatable bonds is 3. The van der Waals surface area contributed by atoms with Gasteiger partial charge in [-0.2, -0.15) is 0 Å². The van der Waals surface area contributed by atoms with Gasteiger partial charge in [-0.25, -0.2) is 0 Å². The molecular weight excluding hydrogens is 372 g/mol. The minimum absolute atomic E-state index is 0.182. The normalized spacial score (nSPS) is 45.2. The van der Waals surface area contributed by atoms with Crippen LogP contribution in [0, 0.1) is 35.0 Å². The molecule has 0 amide bonds. The second-order valence-corrected chi connectivity index (χ2v) is 17.5. The molecule has 0 heterocycles. The summed E-state index contributed by atoms with van der Waals surface area (Å²) in [6, 6.07) is 0. The van der Waals surface area contributed by atoms with Crippen LogP contribution >= 0.6 is 0 Å². The van der Waals surface area contributed by atoms with Crippen molar-refractivity contribution < 1.29 is 9.53 Å². The highest BCUT2D eigenvalue weighted by atomic mass is 28.4. The first-order chi connectivity index (χ1) is 13.5. The molecule has 0 spiro atoms. The molecule has 166 valence electrons. The van der Waals surface area contributed by atoms with E-state index >= 15 is 0 Å². The average Bonchev–Trinajstić information content (AvgIpc) is 2.95. The summed E-state index contributed by atoms with van der Waals surface area (Å²) < 4.78 is 7.10. The zero-order chi connectivity index (χ0) is 21.2. The molecule has 8 atom stereocenters. The highest BCUT2D eigenvalue weighted by Crippen LogP contribution is 2.64. The van der Waals surface area contributed by atoms with Crippen molar-refractivity contribution in [1.82, 2.24) is 0 Å². The van der Waals surface area contributed by atoms with Crippen molar-refractivity contribution in [2.24, 2.45) is 35.0 Å². The van der Waals surface area contributed by atoms with Crippen LogP contribution in [0.15, 0.2) is 11.6 Å². The van der Waals surface area contributed by atoms with Crippen LogP contribution in [-0.4, -0.2) is 25.6 Å². The standard InChI is InChI=1S/C26H46O2Si/c1-8-17-15-18-16-19(27)9-10-20(18)21-13-14-26(5)22(24(17)21)11-12-23(26)28-29(6,7)25(2,3)4/h16-17,19-24,27H,8-15H2,1-7H3/t17-,19+,20+,21-,22+,23+,24-,26+/m1/s1. The van der Waals surface area contributed by atoms with Gasteiger partial charge < -0.3 is 9.53 Å². The molecule has 0 saturated heterocycles. The Labute approximate surface area is 181 Å². The fourth-order valence-electron chi connectivity index (χ4n) is 7.60. The van der Waals surface area contributed by atoms with Crippen LogP contribution in [0.1, 0.15) is 86.0 Å². The molecule has 4 aliphatic rings. The Balaban J connectivity index is 1.60. The zero-order valence-electron chi connectivity index (χ0n) is 20.1. The molecule has 2 nitrogen and oxygen atoms in total. The van der Waals surface area contributed by atoms with E-state index in [1.807, 2.05) is 0 Å². The SMILES string of the molecule is CC[C@@H]1CC2=C[C@@H](O)CC[C@@H]2[C@H]2CC[C@]3(C)[C@@H](O[Si](C)(C)C(C)(C)C)CC[C@H]3[C@H]12. The van der Waals surface area contributed by atoms with Gasteiger partial charge in [0.2, 0.25) is 0 Å². The number of hydrogen-bond donors (Lipinski definition) is 1. The monoisotopic (exact) mass is 418 g/mol. The van der Waals surface area contributed by atoms with Gasteiger partial charge in [-0.1, -0.05) is 52.7 Å². The van der Waals surface area contributed by atoms with Crippen molar-refractivity contribution >= 4 is 8.32 Å². The van der Waals surface area contributed by atoms with Gasteiger partial charge in [0.05, 0.1) is 12.2 Å². The van der Waals surface area contributed by atoms with E-state index in [1.165, 1.54) is 44.9 Å². The molecule has 0 aromatic carbocycles. The van der Waals surface area contributed by atoms with Crippen molar-refractivity contribution in [3.05, 3.63) is 11.6 Å². The number of aliphatic hydroxyl groups is 1. The van der Waals surface area contributed by atoms with Crippen molar-refractivity contribution in [3.63, 3.8) is 0 Å². The summed E-state index contributed by atoms with van der Waals surface area (Å²) in [6.45, 7) is 17.0. The van der Waals surface area contributed by atoms with E-state index in [-0.39, 0.29) is 11.1 Å². The van der Waals surface area contributed by atoms with Crippen molar-refractivity contribution in [2.45, 2.75) is 116 Å². The molecule has 3 fully saturated rings. The van der Waals surface area contributed by atoms with E-state index in [2.05, 4.69) is 53.8 Å². The Morgan fingerprint density at radius 3 is 2.52 bits per heavy atom. The molecule has 3 heteroatoms. The molecule has 1 N–H and O–H groups in total. The van der Waals surface area contributed by atoms with Gasteiger partial charge >= 0.3 is 0 Å². The smallest absolute Gasteiger partial charge is 0.192 e. The summed E-state index contributed by atoms with van der Waals surface area (Å²) >= 11 is 0. The first-order valence-electron chi connectivity index (χ1n) is 12.5. The summed E-state index contributed by atoms with van der Waals surface area (Å²) in [5.41, 5.74) is 1.99. The largest absolute Gasteiger partial charge is 0.413 e. The van der Waals surface area contributed by atoms with Gasteiger partial charge in [-0.3, -0.25) is 0 Å². The topological polar surface area (TPSA) is 29.5 Å².